The van der Waals surface area contributed by atoms with E-state index in [1.807, 2.05) is 0 Å². The molecule has 1 rings (SSSR count). The molecule has 114 valence electrons. The quantitative estimate of drug-likeness (QED) is 0.519. The number of piperazine rings is 1. The molecule has 0 unspecified atom stereocenters. The van der Waals surface area contributed by atoms with Gasteiger partial charge < -0.3 is 9.80 Å². The molecule has 19 heavy (non-hydrogen) atoms. The third-order valence-corrected chi connectivity index (χ3v) is 4.49. The Bertz CT molecular complexity index is 186. The second-order valence-corrected chi connectivity index (χ2v) is 6.10. The lowest BCUT2D eigenvalue weighted by Gasteiger charge is -2.33. The molecule has 2 nitrogen and oxygen atoms in total. The van der Waals surface area contributed by atoms with E-state index in [1.54, 1.807) is 0 Å². The van der Waals surface area contributed by atoms with E-state index in [1.165, 1.54) is 97.1 Å². The fourth-order valence-electron chi connectivity index (χ4n) is 2.98. The van der Waals surface area contributed by atoms with E-state index in [0.717, 1.165) is 0 Å². The van der Waals surface area contributed by atoms with Crippen molar-refractivity contribution in [2.75, 3.05) is 39.3 Å². The third-order valence-electron chi connectivity index (χ3n) is 4.49. The van der Waals surface area contributed by atoms with Crippen LogP contribution in [0.15, 0.2) is 0 Å². The first kappa shape index (κ1) is 17.0. The van der Waals surface area contributed by atoms with Gasteiger partial charge in [-0.1, -0.05) is 65.2 Å². The van der Waals surface area contributed by atoms with Gasteiger partial charge in [0.25, 0.3) is 0 Å². The monoisotopic (exact) mass is 268 g/mol. The summed E-state index contributed by atoms with van der Waals surface area (Å²) < 4.78 is 0. The van der Waals surface area contributed by atoms with E-state index >= 15 is 0 Å². The van der Waals surface area contributed by atoms with Crippen molar-refractivity contribution in [2.24, 2.45) is 0 Å². The summed E-state index contributed by atoms with van der Waals surface area (Å²) in [6.45, 7) is 12.3. The molecule has 0 aromatic heterocycles. The molecule has 0 bridgehead atoms. The number of rotatable bonds is 11. The van der Waals surface area contributed by atoms with Crippen molar-refractivity contribution in [2.45, 2.75) is 71.6 Å². The molecule has 1 saturated heterocycles. The van der Waals surface area contributed by atoms with E-state index in [9.17, 15) is 0 Å². The van der Waals surface area contributed by atoms with Gasteiger partial charge in [0.2, 0.25) is 0 Å². The van der Waals surface area contributed by atoms with Crippen LogP contribution >= 0.6 is 0 Å². The first-order valence-electron chi connectivity index (χ1n) is 8.81. The van der Waals surface area contributed by atoms with Crippen molar-refractivity contribution in [3.05, 3.63) is 0 Å². The topological polar surface area (TPSA) is 6.48 Å². The van der Waals surface area contributed by atoms with Crippen LogP contribution in [0, 0.1) is 0 Å². The highest BCUT2D eigenvalue weighted by Crippen LogP contribution is 2.10. The molecule has 0 aromatic rings. The van der Waals surface area contributed by atoms with Gasteiger partial charge in [-0.3, -0.25) is 0 Å². The molecule has 2 heteroatoms. The third kappa shape index (κ3) is 8.65. The summed E-state index contributed by atoms with van der Waals surface area (Å²) in [5.74, 6) is 0. The van der Waals surface area contributed by atoms with Gasteiger partial charge in [0.15, 0.2) is 0 Å². The van der Waals surface area contributed by atoms with Crippen molar-refractivity contribution in [1.82, 2.24) is 9.80 Å². The van der Waals surface area contributed by atoms with Crippen molar-refractivity contribution < 1.29 is 0 Å². The first-order valence-corrected chi connectivity index (χ1v) is 8.81. The lowest BCUT2D eigenvalue weighted by atomic mass is 10.1. The number of nitrogens with zero attached hydrogens (tertiary/aromatic N) is 2. The van der Waals surface area contributed by atoms with E-state index in [4.69, 9.17) is 0 Å². The second kappa shape index (κ2) is 11.7. The largest absolute Gasteiger partial charge is 0.301 e. The highest BCUT2D eigenvalue weighted by atomic mass is 15.3. The summed E-state index contributed by atoms with van der Waals surface area (Å²) in [4.78, 5) is 5.22. The van der Waals surface area contributed by atoms with Crippen LogP contribution in [0.3, 0.4) is 0 Å². The molecule has 1 aliphatic heterocycles. The van der Waals surface area contributed by atoms with E-state index < -0.39 is 0 Å². The molecule has 0 radical (unpaired) electrons. The van der Waals surface area contributed by atoms with Gasteiger partial charge in [0.1, 0.15) is 0 Å². The smallest absolute Gasteiger partial charge is 0.0110 e. The maximum absolute atomic E-state index is 2.66. The maximum atomic E-state index is 2.66. The Kier molecular flexibility index (Phi) is 10.5. The molecular formula is C17H36N2. The van der Waals surface area contributed by atoms with Crippen LogP contribution in [0.2, 0.25) is 0 Å². The molecule has 1 fully saturated rings. The highest BCUT2D eigenvalue weighted by Gasteiger charge is 2.14. The summed E-state index contributed by atoms with van der Waals surface area (Å²) in [5, 5.41) is 0. The van der Waals surface area contributed by atoms with Crippen LogP contribution in [0.4, 0.5) is 0 Å². The summed E-state index contributed by atoms with van der Waals surface area (Å²) in [6.07, 6.45) is 13.0. The Morgan fingerprint density at radius 1 is 0.579 bits per heavy atom. The molecule has 0 aliphatic carbocycles. The molecule has 1 heterocycles. The number of likely N-dealkylation sites (N-methyl/N-ethyl adjacent to an activating group) is 1. The summed E-state index contributed by atoms with van der Waals surface area (Å²) >= 11 is 0. The average molecular weight is 268 g/mol. The van der Waals surface area contributed by atoms with Crippen LogP contribution < -0.4 is 0 Å². The molecular weight excluding hydrogens is 232 g/mol. The number of unbranched alkanes of at least 4 members (excludes halogenated alkanes) is 8. The van der Waals surface area contributed by atoms with Gasteiger partial charge in [0, 0.05) is 26.2 Å². The van der Waals surface area contributed by atoms with Gasteiger partial charge in [-0.15, -0.1) is 0 Å². The van der Waals surface area contributed by atoms with Gasteiger partial charge in [-0.05, 0) is 19.5 Å². The lowest BCUT2D eigenvalue weighted by molar-refractivity contribution is 0.135. The minimum atomic E-state index is 1.23. The molecule has 0 spiro atoms. The zero-order chi connectivity index (χ0) is 13.8. The van der Waals surface area contributed by atoms with Crippen LogP contribution in [-0.4, -0.2) is 49.1 Å². The van der Waals surface area contributed by atoms with Crippen LogP contribution in [0.1, 0.15) is 71.6 Å². The predicted molar refractivity (Wildman–Crippen MR) is 85.8 cm³/mol. The average Bonchev–Trinajstić information content (AvgIpc) is 2.46. The van der Waals surface area contributed by atoms with Crippen molar-refractivity contribution >= 4 is 0 Å². The van der Waals surface area contributed by atoms with Crippen LogP contribution in [0.5, 0.6) is 0 Å². The molecule has 0 aromatic carbocycles. The van der Waals surface area contributed by atoms with E-state index in [-0.39, 0.29) is 0 Å². The predicted octanol–water partition coefficient (Wildman–Crippen LogP) is 4.15. The lowest BCUT2D eigenvalue weighted by Crippen LogP contribution is -2.46. The Morgan fingerprint density at radius 3 is 1.58 bits per heavy atom. The van der Waals surface area contributed by atoms with Gasteiger partial charge in [0.05, 0.1) is 0 Å². The van der Waals surface area contributed by atoms with E-state index in [2.05, 4.69) is 23.6 Å². The minimum Gasteiger partial charge on any atom is -0.301 e. The summed E-state index contributed by atoms with van der Waals surface area (Å²) in [7, 11) is 0. The molecule has 0 saturated carbocycles. The fraction of sp³-hybridized carbons (Fsp3) is 1.00. The van der Waals surface area contributed by atoms with Crippen molar-refractivity contribution in [3.8, 4) is 0 Å². The fourth-order valence-corrected chi connectivity index (χ4v) is 2.98. The molecule has 0 atom stereocenters. The van der Waals surface area contributed by atoms with E-state index in [0.29, 0.717) is 0 Å². The Hall–Kier alpha value is -0.0800. The summed E-state index contributed by atoms with van der Waals surface area (Å²) in [5.41, 5.74) is 0. The molecule has 0 N–H and O–H groups in total. The molecule has 0 amide bonds. The normalized spacial score (nSPS) is 18.0. The molecule has 1 aliphatic rings. The number of hydrogen-bond donors (Lipinski definition) is 0. The van der Waals surface area contributed by atoms with Gasteiger partial charge >= 0.3 is 0 Å². The highest BCUT2D eigenvalue weighted by molar-refractivity contribution is 4.70. The van der Waals surface area contributed by atoms with Crippen molar-refractivity contribution in [1.29, 1.82) is 0 Å². The Morgan fingerprint density at radius 2 is 1.05 bits per heavy atom. The summed E-state index contributed by atoms with van der Waals surface area (Å²) in [6, 6.07) is 0. The standard InChI is InChI=1S/C17H36N2/c1-3-5-6-7-8-9-10-11-12-13-19-16-14-18(4-2)15-17-19/h3-17H2,1-2H3. The second-order valence-electron chi connectivity index (χ2n) is 6.10. The maximum Gasteiger partial charge on any atom is 0.0110 e. The first-order chi connectivity index (χ1) is 9.36. The van der Waals surface area contributed by atoms with Gasteiger partial charge in [-0.2, -0.15) is 0 Å². The Balaban J connectivity index is 1.81. The van der Waals surface area contributed by atoms with Crippen LogP contribution in [0.25, 0.3) is 0 Å². The van der Waals surface area contributed by atoms with Crippen molar-refractivity contribution in [3.63, 3.8) is 0 Å². The zero-order valence-corrected chi connectivity index (χ0v) is 13.5. The SMILES string of the molecule is CCCCCCCCCCCN1CCN(CC)CC1. The zero-order valence-electron chi connectivity index (χ0n) is 13.5. The van der Waals surface area contributed by atoms with Crippen LogP contribution in [-0.2, 0) is 0 Å². The number of hydrogen-bond acceptors (Lipinski definition) is 2. The van der Waals surface area contributed by atoms with Gasteiger partial charge in [-0.25, -0.2) is 0 Å². The minimum absolute atomic E-state index is 1.23. The Labute approximate surface area is 121 Å².